The zero-order valence-electron chi connectivity index (χ0n) is 19.0. The SMILES string of the molecule is COc1cccc(-c2nnc(NS(=O)C(C)C(C)c3ncc(Cl)cn3)n2C(C)/C(N)=C/SN)n1. The first-order valence-electron chi connectivity index (χ1n) is 10.2. The molecule has 4 atom stereocenters. The smallest absolute Gasteiger partial charge is 0.237 e. The molecular formula is C20H26ClN9O2S2. The number of nitrogens with zero attached hydrogens (tertiary/aromatic N) is 6. The van der Waals surface area contributed by atoms with Gasteiger partial charge in [0.15, 0.2) is 5.82 Å². The molecule has 3 aromatic rings. The van der Waals surface area contributed by atoms with Gasteiger partial charge < -0.3 is 10.5 Å². The van der Waals surface area contributed by atoms with Gasteiger partial charge in [0.05, 0.1) is 23.4 Å². The van der Waals surface area contributed by atoms with E-state index in [1.54, 1.807) is 28.2 Å². The van der Waals surface area contributed by atoms with E-state index in [4.69, 9.17) is 27.2 Å². The third kappa shape index (κ3) is 5.84. The Kier molecular flexibility index (Phi) is 8.83. The molecule has 3 aromatic heterocycles. The monoisotopic (exact) mass is 523 g/mol. The highest BCUT2D eigenvalue weighted by Crippen LogP contribution is 2.29. The van der Waals surface area contributed by atoms with Crippen molar-refractivity contribution in [3.8, 4) is 17.4 Å². The van der Waals surface area contributed by atoms with Crippen molar-refractivity contribution in [2.45, 2.75) is 38.0 Å². The third-order valence-electron chi connectivity index (χ3n) is 5.21. The second-order valence-corrected chi connectivity index (χ2v) is 9.85. The summed E-state index contributed by atoms with van der Waals surface area (Å²) in [6.45, 7) is 5.59. The highest BCUT2D eigenvalue weighted by atomic mass is 35.5. The number of anilines is 1. The molecule has 11 nitrogen and oxygen atoms in total. The summed E-state index contributed by atoms with van der Waals surface area (Å²) in [6, 6.07) is 4.88. The molecule has 0 aliphatic rings. The Morgan fingerprint density at radius 2 is 1.97 bits per heavy atom. The van der Waals surface area contributed by atoms with Gasteiger partial charge in [0.2, 0.25) is 11.8 Å². The molecule has 0 spiro atoms. The molecule has 0 aliphatic heterocycles. The Hall–Kier alpha value is -2.74. The van der Waals surface area contributed by atoms with Gasteiger partial charge in [0.1, 0.15) is 22.5 Å². The number of ether oxygens (including phenoxy) is 1. The number of hydrogen-bond acceptors (Lipinski definition) is 10. The quantitative estimate of drug-likeness (QED) is 0.337. The Balaban J connectivity index is 1.95. The van der Waals surface area contributed by atoms with Gasteiger partial charge in [-0.3, -0.25) is 14.4 Å². The van der Waals surface area contributed by atoms with E-state index in [9.17, 15) is 4.21 Å². The minimum absolute atomic E-state index is 0.225. The summed E-state index contributed by atoms with van der Waals surface area (Å²) in [6.07, 6.45) is 3.03. The summed E-state index contributed by atoms with van der Waals surface area (Å²) in [5.41, 5.74) is 7.21. The normalized spacial score (nSPS) is 15.4. The fourth-order valence-corrected chi connectivity index (χ4v) is 4.47. The van der Waals surface area contributed by atoms with Crippen LogP contribution in [-0.4, -0.2) is 46.3 Å². The van der Waals surface area contributed by atoms with E-state index < -0.39 is 17.0 Å². The van der Waals surface area contributed by atoms with Crippen LogP contribution in [0.25, 0.3) is 11.5 Å². The lowest BCUT2D eigenvalue weighted by Crippen LogP contribution is -2.27. The van der Waals surface area contributed by atoms with Crippen molar-refractivity contribution in [1.29, 1.82) is 0 Å². The zero-order chi connectivity index (χ0) is 24.8. The molecule has 0 saturated carbocycles. The number of nitrogens with two attached hydrogens (primary N) is 2. The van der Waals surface area contributed by atoms with Gasteiger partial charge in [-0.25, -0.2) is 19.2 Å². The Bertz CT molecular complexity index is 1170. The van der Waals surface area contributed by atoms with E-state index in [0.29, 0.717) is 33.9 Å². The summed E-state index contributed by atoms with van der Waals surface area (Å²) in [5, 5.41) is 15.8. The highest BCUT2D eigenvalue weighted by molar-refractivity contribution is 8.00. The maximum Gasteiger partial charge on any atom is 0.237 e. The second kappa shape index (κ2) is 11.6. The number of rotatable bonds is 10. The number of halogens is 1. The van der Waals surface area contributed by atoms with Crippen molar-refractivity contribution in [3.05, 3.63) is 52.5 Å². The Morgan fingerprint density at radius 1 is 1.26 bits per heavy atom. The molecule has 0 radical (unpaired) electrons. The van der Waals surface area contributed by atoms with Gasteiger partial charge in [0.25, 0.3) is 0 Å². The van der Waals surface area contributed by atoms with E-state index in [1.165, 1.54) is 19.5 Å². The van der Waals surface area contributed by atoms with E-state index in [0.717, 1.165) is 11.9 Å². The summed E-state index contributed by atoms with van der Waals surface area (Å²) >= 11 is 6.87. The minimum atomic E-state index is -1.57. The van der Waals surface area contributed by atoms with E-state index in [2.05, 4.69) is 29.9 Å². The topological polar surface area (TPSA) is 160 Å². The lowest BCUT2D eigenvalue weighted by atomic mass is 10.1. The predicted molar refractivity (Wildman–Crippen MR) is 135 cm³/mol. The zero-order valence-corrected chi connectivity index (χ0v) is 21.4. The average Bonchev–Trinajstić information content (AvgIpc) is 3.26. The minimum Gasteiger partial charge on any atom is -0.481 e. The number of methoxy groups -OCH3 is 1. The maximum absolute atomic E-state index is 13.2. The first-order valence-corrected chi connectivity index (χ1v) is 12.7. The maximum atomic E-state index is 13.2. The van der Waals surface area contributed by atoms with Gasteiger partial charge in [-0.2, -0.15) is 0 Å². The summed E-state index contributed by atoms with van der Waals surface area (Å²) in [7, 11) is -0.0366. The van der Waals surface area contributed by atoms with Crippen LogP contribution in [0.5, 0.6) is 5.88 Å². The molecule has 14 heteroatoms. The molecule has 0 bridgehead atoms. The molecule has 0 aliphatic carbocycles. The first-order chi connectivity index (χ1) is 16.3. The Labute approximate surface area is 209 Å². The van der Waals surface area contributed by atoms with Crippen LogP contribution in [0.2, 0.25) is 5.02 Å². The van der Waals surface area contributed by atoms with Crippen LogP contribution in [-0.2, 0) is 11.0 Å². The summed E-state index contributed by atoms with van der Waals surface area (Å²) in [4.78, 5) is 12.9. The molecule has 5 N–H and O–H groups in total. The van der Waals surface area contributed by atoms with Gasteiger partial charge in [0, 0.05) is 35.5 Å². The number of aromatic nitrogens is 6. The van der Waals surface area contributed by atoms with Crippen molar-refractivity contribution in [3.63, 3.8) is 0 Å². The molecule has 3 heterocycles. The van der Waals surface area contributed by atoms with Crippen LogP contribution < -0.4 is 20.3 Å². The molecule has 0 fully saturated rings. The third-order valence-corrected chi connectivity index (χ3v) is 7.28. The number of hydrogen-bond donors (Lipinski definition) is 3. The number of pyridine rings is 1. The fraction of sp³-hybridized carbons (Fsp3) is 0.350. The molecule has 0 saturated heterocycles. The van der Waals surface area contributed by atoms with Gasteiger partial charge in [-0.15, -0.1) is 10.2 Å². The van der Waals surface area contributed by atoms with Crippen molar-refractivity contribution in [2.24, 2.45) is 10.9 Å². The first kappa shape index (κ1) is 25.9. The fourth-order valence-electron chi connectivity index (χ4n) is 3.02. The van der Waals surface area contributed by atoms with Crippen molar-refractivity contribution < 1.29 is 8.95 Å². The second-order valence-electron chi connectivity index (χ2n) is 7.37. The Morgan fingerprint density at radius 3 is 2.62 bits per heavy atom. The van der Waals surface area contributed by atoms with Crippen molar-refractivity contribution in [2.75, 3.05) is 11.8 Å². The number of allylic oxidation sites excluding steroid dienone is 1. The molecule has 3 rings (SSSR count). The largest absolute Gasteiger partial charge is 0.481 e. The predicted octanol–water partition coefficient (Wildman–Crippen LogP) is 3.03. The van der Waals surface area contributed by atoms with Crippen LogP contribution in [0.1, 0.15) is 38.6 Å². The van der Waals surface area contributed by atoms with Crippen molar-refractivity contribution in [1.82, 2.24) is 29.7 Å². The highest BCUT2D eigenvalue weighted by Gasteiger charge is 2.27. The molecular weight excluding hydrogens is 498 g/mol. The average molecular weight is 524 g/mol. The van der Waals surface area contributed by atoms with Crippen LogP contribution in [0.3, 0.4) is 0 Å². The van der Waals surface area contributed by atoms with E-state index >= 15 is 0 Å². The van der Waals surface area contributed by atoms with Crippen LogP contribution in [0.4, 0.5) is 5.95 Å². The molecule has 0 aromatic carbocycles. The molecule has 4 unspecified atom stereocenters. The lowest BCUT2D eigenvalue weighted by molar-refractivity contribution is 0.398. The molecule has 34 heavy (non-hydrogen) atoms. The standard InChI is InChI=1S/C20H26ClN9O2S2/c1-11(18-24-8-14(21)9-25-18)13(3)34(31)29-20-28-27-19(16-6-5-7-17(26-16)32-4)30(20)12(2)15(22)10-33-23/h5-13H,22-23H2,1-4H3,(H,28,29)/b15-10-. The van der Waals surface area contributed by atoms with E-state index in [1.807, 2.05) is 20.8 Å². The van der Waals surface area contributed by atoms with Gasteiger partial charge >= 0.3 is 0 Å². The number of nitrogens with one attached hydrogen (secondary N) is 1. The van der Waals surface area contributed by atoms with Crippen LogP contribution in [0.15, 0.2) is 41.7 Å². The van der Waals surface area contributed by atoms with E-state index in [-0.39, 0.29) is 17.1 Å². The van der Waals surface area contributed by atoms with Crippen LogP contribution in [0, 0.1) is 0 Å². The molecule has 182 valence electrons. The molecule has 0 amide bonds. The lowest BCUT2D eigenvalue weighted by Gasteiger charge is -2.21. The van der Waals surface area contributed by atoms with Gasteiger partial charge in [-0.1, -0.05) is 36.5 Å². The van der Waals surface area contributed by atoms with Crippen LogP contribution >= 0.6 is 23.5 Å². The summed E-state index contributed by atoms with van der Waals surface area (Å²) < 4.78 is 23.2. The summed E-state index contributed by atoms with van der Waals surface area (Å²) in [5.74, 6) is 1.42. The van der Waals surface area contributed by atoms with Gasteiger partial charge in [-0.05, 0) is 19.9 Å². The van der Waals surface area contributed by atoms with Crippen molar-refractivity contribution >= 4 is 40.5 Å².